The van der Waals surface area contributed by atoms with Gasteiger partial charge < -0.3 is 11.1 Å². The van der Waals surface area contributed by atoms with Crippen molar-refractivity contribution in [1.29, 1.82) is 0 Å². The third-order valence-corrected chi connectivity index (χ3v) is 2.55. The van der Waals surface area contributed by atoms with Gasteiger partial charge in [0, 0.05) is 18.4 Å². The summed E-state index contributed by atoms with van der Waals surface area (Å²) >= 11 is 0. The maximum absolute atomic E-state index is 12.4. The molecule has 0 fully saturated rings. The quantitative estimate of drug-likeness (QED) is 0.897. The summed E-state index contributed by atoms with van der Waals surface area (Å²) < 4.78 is 37.2. The van der Waals surface area contributed by atoms with E-state index in [1.54, 1.807) is 18.3 Å². The van der Waals surface area contributed by atoms with Crippen molar-refractivity contribution < 1.29 is 13.2 Å². The number of nitrogens with one attached hydrogen (secondary N) is 1. The molecule has 0 radical (unpaired) electrons. The van der Waals surface area contributed by atoms with Crippen LogP contribution in [-0.2, 0) is 12.7 Å². The number of anilines is 2. The van der Waals surface area contributed by atoms with E-state index in [9.17, 15) is 13.2 Å². The Bertz CT molecular complexity index is 533. The first-order valence-corrected chi connectivity index (χ1v) is 5.58. The molecule has 1 aromatic carbocycles. The van der Waals surface area contributed by atoms with Crippen LogP contribution in [0.5, 0.6) is 0 Å². The lowest BCUT2D eigenvalue weighted by Crippen LogP contribution is -2.04. The first kappa shape index (κ1) is 13.4. The van der Waals surface area contributed by atoms with E-state index in [1.807, 2.05) is 0 Å². The normalized spacial score (nSPS) is 11.4. The molecule has 3 nitrogen and oxygen atoms in total. The summed E-state index contributed by atoms with van der Waals surface area (Å²) in [7, 11) is 0. The van der Waals surface area contributed by atoms with Gasteiger partial charge in [0.15, 0.2) is 0 Å². The molecule has 3 N–H and O–H groups in total. The van der Waals surface area contributed by atoms with Crippen molar-refractivity contribution >= 4 is 11.5 Å². The fourth-order valence-electron chi connectivity index (χ4n) is 1.51. The molecule has 0 aliphatic heterocycles. The minimum absolute atomic E-state index is 0.396. The molecule has 19 heavy (non-hydrogen) atoms. The molecule has 0 spiro atoms. The predicted octanol–water partition coefficient (Wildman–Crippen LogP) is 3.30. The zero-order chi connectivity index (χ0) is 13.9. The highest BCUT2D eigenvalue weighted by Crippen LogP contribution is 2.30. The largest absolute Gasteiger partial charge is 0.416 e. The van der Waals surface area contributed by atoms with Gasteiger partial charge in [-0.2, -0.15) is 13.2 Å². The zero-order valence-electron chi connectivity index (χ0n) is 9.91. The molecule has 2 aromatic rings. The second kappa shape index (κ2) is 5.27. The molecule has 0 unspecified atom stereocenters. The Hall–Kier alpha value is -2.08. The van der Waals surface area contributed by atoms with Gasteiger partial charge in [-0.25, -0.2) is 4.98 Å². The first-order valence-electron chi connectivity index (χ1n) is 5.58. The summed E-state index contributed by atoms with van der Waals surface area (Å²) in [5, 5.41) is 2.91. The average Bonchev–Trinajstić information content (AvgIpc) is 2.39. The third-order valence-electron chi connectivity index (χ3n) is 2.55. The molecule has 0 saturated carbocycles. The number of aromatic nitrogens is 1. The number of nitrogens with zero attached hydrogens (tertiary/aromatic N) is 1. The number of halogens is 3. The highest BCUT2D eigenvalue weighted by Gasteiger charge is 2.29. The van der Waals surface area contributed by atoms with Crippen molar-refractivity contribution in [2.75, 3.05) is 5.32 Å². The third kappa shape index (κ3) is 3.45. The number of pyridine rings is 1. The summed E-state index contributed by atoms with van der Waals surface area (Å²) in [6.07, 6.45) is -2.70. The Morgan fingerprint density at radius 3 is 2.21 bits per heavy atom. The van der Waals surface area contributed by atoms with E-state index < -0.39 is 11.7 Å². The summed E-state index contributed by atoms with van der Waals surface area (Å²) in [6.45, 7) is 0.396. The van der Waals surface area contributed by atoms with Crippen LogP contribution in [0.2, 0.25) is 0 Å². The smallest absolute Gasteiger partial charge is 0.340 e. The monoisotopic (exact) mass is 267 g/mol. The first-order chi connectivity index (χ1) is 8.99. The summed E-state index contributed by atoms with van der Waals surface area (Å²) in [5.74, 6) is 0.553. The van der Waals surface area contributed by atoms with Gasteiger partial charge in [-0.15, -0.1) is 0 Å². The lowest BCUT2D eigenvalue weighted by atomic mass is 10.2. The predicted molar refractivity (Wildman–Crippen MR) is 66.9 cm³/mol. The number of hydrogen-bond donors (Lipinski definition) is 2. The molecule has 2 rings (SSSR count). The molecule has 1 heterocycles. The number of benzene rings is 1. The van der Waals surface area contributed by atoms with Crippen LogP contribution in [0.1, 0.15) is 11.1 Å². The fraction of sp³-hybridized carbons (Fsp3) is 0.154. The highest BCUT2D eigenvalue weighted by atomic mass is 19.4. The fourth-order valence-corrected chi connectivity index (χ4v) is 1.51. The highest BCUT2D eigenvalue weighted by molar-refractivity contribution is 5.56. The maximum Gasteiger partial charge on any atom is 0.416 e. The molecule has 100 valence electrons. The lowest BCUT2D eigenvalue weighted by molar-refractivity contribution is -0.137. The van der Waals surface area contributed by atoms with E-state index in [0.717, 1.165) is 17.7 Å². The SMILES string of the molecule is NCc1ccc(Nc2ccc(C(F)(F)F)cc2)nc1. The molecule has 1 aromatic heterocycles. The number of alkyl halides is 3. The lowest BCUT2D eigenvalue weighted by Gasteiger charge is -2.09. The van der Waals surface area contributed by atoms with E-state index >= 15 is 0 Å². The standard InChI is InChI=1S/C13H12F3N3/c14-13(15,16)10-2-4-11(5-3-10)19-12-6-1-9(7-17)8-18-12/h1-6,8H,7,17H2,(H,18,19). The molecular formula is C13H12F3N3. The van der Waals surface area contributed by atoms with Gasteiger partial charge in [0.05, 0.1) is 5.56 Å². The van der Waals surface area contributed by atoms with Crippen LogP contribution in [0.15, 0.2) is 42.6 Å². The van der Waals surface area contributed by atoms with Crippen molar-refractivity contribution in [2.45, 2.75) is 12.7 Å². The average molecular weight is 267 g/mol. The van der Waals surface area contributed by atoms with Crippen LogP contribution >= 0.6 is 0 Å². The minimum Gasteiger partial charge on any atom is -0.340 e. The zero-order valence-corrected chi connectivity index (χ0v) is 9.91. The number of nitrogens with two attached hydrogens (primary N) is 1. The Labute approximate surface area is 108 Å². The van der Waals surface area contributed by atoms with Crippen LogP contribution in [-0.4, -0.2) is 4.98 Å². The van der Waals surface area contributed by atoms with Gasteiger partial charge >= 0.3 is 6.18 Å². The van der Waals surface area contributed by atoms with Gasteiger partial charge in [0.1, 0.15) is 5.82 Å². The van der Waals surface area contributed by atoms with Gasteiger partial charge in [-0.1, -0.05) is 6.07 Å². The van der Waals surface area contributed by atoms with Crippen molar-refractivity contribution in [2.24, 2.45) is 5.73 Å². The van der Waals surface area contributed by atoms with E-state index in [4.69, 9.17) is 5.73 Å². The van der Waals surface area contributed by atoms with Gasteiger partial charge in [-0.3, -0.25) is 0 Å². The van der Waals surface area contributed by atoms with Crippen LogP contribution < -0.4 is 11.1 Å². The Balaban J connectivity index is 2.10. The Kier molecular flexibility index (Phi) is 3.71. The number of hydrogen-bond acceptors (Lipinski definition) is 3. The summed E-state index contributed by atoms with van der Waals surface area (Å²) in [5.41, 5.74) is 6.20. The molecule has 0 atom stereocenters. The van der Waals surface area contributed by atoms with E-state index in [-0.39, 0.29) is 0 Å². The van der Waals surface area contributed by atoms with E-state index in [0.29, 0.717) is 18.1 Å². The van der Waals surface area contributed by atoms with Crippen LogP contribution in [0, 0.1) is 0 Å². The van der Waals surface area contributed by atoms with Gasteiger partial charge in [0.2, 0.25) is 0 Å². The van der Waals surface area contributed by atoms with Crippen LogP contribution in [0.4, 0.5) is 24.7 Å². The van der Waals surface area contributed by atoms with Crippen molar-refractivity contribution in [3.8, 4) is 0 Å². The minimum atomic E-state index is -4.32. The van der Waals surface area contributed by atoms with Gasteiger partial charge in [-0.05, 0) is 35.9 Å². The maximum atomic E-state index is 12.4. The second-order valence-electron chi connectivity index (χ2n) is 3.96. The number of rotatable bonds is 3. The topological polar surface area (TPSA) is 50.9 Å². The molecule has 0 amide bonds. The molecular weight excluding hydrogens is 255 g/mol. The molecule has 6 heteroatoms. The Morgan fingerprint density at radius 2 is 1.74 bits per heavy atom. The van der Waals surface area contributed by atoms with E-state index in [1.165, 1.54) is 12.1 Å². The second-order valence-corrected chi connectivity index (χ2v) is 3.96. The van der Waals surface area contributed by atoms with Gasteiger partial charge in [0.25, 0.3) is 0 Å². The molecule has 0 aliphatic rings. The van der Waals surface area contributed by atoms with Crippen molar-refractivity contribution in [3.63, 3.8) is 0 Å². The molecule has 0 saturated heterocycles. The molecule has 0 aliphatic carbocycles. The summed E-state index contributed by atoms with van der Waals surface area (Å²) in [6, 6.07) is 8.30. The summed E-state index contributed by atoms with van der Waals surface area (Å²) in [4.78, 5) is 4.10. The van der Waals surface area contributed by atoms with Crippen LogP contribution in [0.3, 0.4) is 0 Å². The van der Waals surface area contributed by atoms with Crippen LogP contribution in [0.25, 0.3) is 0 Å². The van der Waals surface area contributed by atoms with Crippen molar-refractivity contribution in [1.82, 2.24) is 4.98 Å². The van der Waals surface area contributed by atoms with E-state index in [2.05, 4.69) is 10.3 Å². The van der Waals surface area contributed by atoms with Crippen molar-refractivity contribution in [3.05, 3.63) is 53.7 Å². The molecule has 0 bridgehead atoms. The Morgan fingerprint density at radius 1 is 1.05 bits per heavy atom.